The molecule has 3 N–H and O–H groups in total. The molecule has 1 fully saturated rings. The van der Waals surface area contributed by atoms with Crippen molar-refractivity contribution in [3.63, 3.8) is 0 Å². The molecule has 1 saturated carbocycles. The monoisotopic (exact) mass is 330 g/mol. The summed E-state index contributed by atoms with van der Waals surface area (Å²) < 4.78 is 1.19. The molecular weight excluding hydrogens is 308 g/mol. The van der Waals surface area contributed by atoms with Crippen LogP contribution in [-0.2, 0) is 5.41 Å². The van der Waals surface area contributed by atoms with Gasteiger partial charge >= 0.3 is 0 Å². The fraction of sp³-hybridized carbons (Fsp3) is 0.714. The van der Waals surface area contributed by atoms with Crippen molar-refractivity contribution in [2.24, 2.45) is 5.73 Å². The summed E-state index contributed by atoms with van der Waals surface area (Å²) in [5.41, 5.74) is 6.36. The van der Waals surface area contributed by atoms with Crippen LogP contribution in [0.25, 0.3) is 0 Å². The minimum atomic E-state index is 0.174. The minimum Gasteiger partial charge on any atom is -0.326 e. The molecule has 1 heterocycles. The van der Waals surface area contributed by atoms with Gasteiger partial charge in [-0.25, -0.2) is 0 Å². The van der Waals surface area contributed by atoms with Crippen molar-refractivity contribution in [2.75, 3.05) is 6.54 Å². The van der Waals surface area contributed by atoms with E-state index in [0.717, 1.165) is 6.54 Å². The minimum absolute atomic E-state index is 0.174. The average molecular weight is 331 g/mol. The number of halogens is 1. The van der Waals surface area contributed by atoms with E-state index in [2.05, 4.69) is 46.5 Å². The first-order valence-corrected chi connectivity index (χ1v) is 8.40. The second kappa shape index (κ2) is 6.04. The van der Waals surface area contributed by atoms with Crippen LogP contribution in [0, 0.1) is 0 Å². The van der Waals surface area contributed by atoms with Crippen LogP contribution < -0.4 is 11.1 Å². The van der Waals surface area contributed by atoms with Crippen molar-refractivity contribution in [1.82, 2.24) is 5.32 Å². The highest BCUT2D eigenvalue weighted by atomic mass is 79.9. The van der Waals surface area contributed by atoms with Gasteiger partial charge in [0.1, 0.15) is 0 Å². The molecule has 2 unspecified atom stereocenters. The number of nitrogens with one attached hydrogen (secondary N) is 1. The molecule has 1 aromatic rings. The summed E-state index contributed by atoms with van der Waals surface area (Å²) in [6.07, 6.45) is 5.00. The third kappa shape index (κ3) is 3.56. The fourth-order valence-electron chi connectivity index (χ4n) is 2.55. The van der Waals surface area contributed by atoms with E-state index in [0.29, 0.717) is 12.1 Å². The van der Waals surface area contributed by atoms with Gasteiger partial charge in [0.25, 0.3) is 0 Å². The Labute approximate surface area is 122 Å². The van der Waals surface area contributed by atoms with E-state index < -0.39 is 0 Å². The molecule has 2 atom stereocenters. The maximum atomic E-state index is 6.18. The van der Waals surface area contributed by atoms with Crippen molar-refractivity contribution in [2.45, 2.75) is 57.0 Å². The van der Waals surface area contributed by atoms with Gasteiger partial charge in [-0.05, 0) is 34.8 Å². The number of nitrogens with two attached hydrogens (primary N) is 1. The zero-order valence-electron chi connectivity index (χ0n) is 11.2. The fourth-order valence-corrected chi connectivity index (χ4v) is 4.11. The Bertz CT molecular complexity index is 389. The van der Waals surface area contributed by atoms with Gasteiger partial charge in [0.2, 0.25) is 0 Å². The van der Waals surface area contributed by atoms with Gasteiger partial charge < -0.3 is 11.1 Å². The van der Waals surface area contributed by atoms with E-state index in [1.54, 1.807) is 0 Å². The molecule has 0 aliphatic heterocycles. The highest BCUT2D eigenvalue weighted by Crippen LogP contribution is 2.31. The topological polar surface area (TPSA) is 38.0 Å². The highest BCUT2D eigenvalue weighted by Gasteiger charge is 2.26. The number of thiophene rings is 1. The molecule has 2 nitrogen and oxygen atoms in total. The zero-order chi connectivity index (χ0) is 13.2. The molecule has 102 valence electrons. The summed E-state index contributed by atoms with van der Waals surface area (Å²) in [5.74, 6) is 0. The third-order valence-corrected chi connectivity index (χ3v) is 5.92. The lowest BCUT2D eigenvalue weighted by Gasteiger charge is -2.33. The van der Waals surface area contributed by atoms with Gasteiger partial charge in [-0.3, -0.25) is 0 Å². The largest absolute Gasteiger partial charge is 0.326 e. The number of rotatable bonds is 4. The third-order valence-electron chi connectivity index (χ3n) is 3.86. The standard InChI is InChI=1S/C14H23BrN2S/c1-14(2,13-7-10(15)8-18-13)9-17-12-6-4-3-5-11(12)16/h7-8,11-12,17H,3-6,9,16H2,1-2H3. The van der Waals surface area contributed by atoms with Crippen molar-refractivity contribution < 1.29 is 0 Å². The summed E-state index contributed by atoms with van der Waals surface area (Å²) in [5, 5.41) is 5.84. The van der Waals surface area contributed by atoms with E-state index in [9.17, 15) is 0 Å². The normalized spacial score (nSPS) is 25.3. The average Bonchev–Trinajstić information content (AvgIpc) is 2.76. The molecule has 0 bridgehead atoms. The second-order valence-electron chi connectivity index (χ2n) is 5.95. The van der Waals surface area contributed by atoms with E-state index in [4.69, 9.17) is 5.73 Å². The summed E-state index contributed by atoms with van der Waals surface area (Å²) >= 11 is 5.36. The molecule has 0 aromatic carbocycles. The molecular formula is C14H23BrN2S. The Hall–Kier alpha value is 0.1000. The van der Waals surface area contributed by atoms with E-state index in [1.807, 2.05) is 11.3 Å². The van der Waals surface area contributed by atoms with Crippen molar-refractivity contribution in [3.8, 4) is 0 Å². The Morgan fingerprint density at radius 3 is 2.78 bits per heavy atom. The quantitative estimate of drug-likeness (QED) is 0.884. The first-order chi connectivity index (χ1) is 8.49. The van der Waals surface area contributed by atoms with Crippen molar-refractivity contribution >= 4 is 27.3 Å². The van der Waals surface area contributed by atoms with E-state index >= 15 is 0 Å². The molecule has 18 heavy (non-hydrogen) atoms. The smallest absolute Gasteiger partial charge is 0.0285 e. The first-order valence-electron chi connectivity index (χ1n) is 6.72. The second-order valence-corrected chi connectivity index (χ2v) is 7.78. The van der Waals surface area contributed by atoms with Gasteiger partial charge in [-0.15, -0.1) is 11.3 Å². The molecule has 4 heteroatoms. The Kier molecular flexibility index (Phi) is 4.86. The van der Waals surface area contributed by atoms with Gasteiger partial charge in [0.15, 0.2) is 0 Å². The number of hydrogen-bond acceptors (Lipinski definition) is 3. The van der Waals surface area contributed by atoms with Crippen LogP contribution in [0.1, 0.15) is 44.4 Å². The summed E-state index contributed by atoms with van der Waals surface area (Å²) in [4.78, 5) is 1.42. The first kappa shape index (κ1) is 14.5. The molecule has 1 aliphatic rings. The van der Waals surface area contributed by atoms with Crippen LogP contribution in [0.5, 0.6) is 0 Å². The highest BCUT2D eigenvalue weighted by molar-refractivity contribution is 9.10. The Morgan fingerprint density at radius 1 is 1.44 bits per heavy atom. The Balaban J connectivity index is 1.92. The summed E-state index contributed by atoms with van der Waals surface area (Å²) in [7, 11) is 0. The lowest BCUT2D eigenvalue weighted by Crippen LogP contribution is -2.50. The molecule has 2 rings (SSSR count). The maximum absolute atomic E-state index is 6.18. The summed E-state index contributed by atoms with van der Waals surface area (Å²) in [6, 6.07) is 3.07. The molecule has 1 aromatic heterocycles. The number of hydrogen-bond donors (Lipinski definition) is 2. The molecule has 0 spiro atoms. The van der Waals surface area contributed by atoms with Crippen LogP contribution in [0.3, 0.4) is 0 Å². The van der Waals surface area contributed by atoms with Crippen LogP contribution >= 0.6 is 27.3 Å². The molecule has 0 amide bonds. The van der Waals surface area contributed by atoms with Crippen LogP contribution in [-0.4, -0.2) is 18.6 Å². The van der Waals surface area contributed by atoms with Gasteiger partial charge in [0, 0.05) is 38.8 Å². The predicted octanol–water partition coefficient (Wildman–Crippen LogP) is 3.65. The molecule has 0 saturated heterocycles. The van der Waals surface area contributed by atoms with Crippen molar-refractivity contribution in [1.29, 1.82) is 0 Å². The zero-order valence-corrected chi connectivity index (χ0v) is 13.6. The molecule has 1 aliphatic carbocycles. The SMILES string of the molecule is CC(C)(CNC1CCCCC1N)c1cc(Br)cs1. The summed E-state index contributed by atoms with van der Waals surface area (Å²) in [6.45, 7) is 5.59. The Morgan fingerprint density at radius 2 is 2.17 bits per heavy atom. The van der Waals surface area contributed by atoms with Gasteiger partial charge in [0.05, 0.1) is 0 Å². The molecule has 0 radical (unpaired) electrons. The van der Waals surface area contributed by atoms with E-state index in [1.165, 1.54) is 35.0 Å². The maximum Gasteiger partial charge on any atom is 0.0285 e. The van der Waals surface area contributed by atoms with E-state index in [-0.39, 0.29) is 5.41 Å². The predicted molar refractivity (Wildman–Crippen MR) is 83.3 cm³/mol. The van der Waals surface area contributed by atoms with Gasteiger partial charge in [-0.2, -0.15) is 0 Å². The lowest BCUT2D eigenvalue weighted by molar-refractivity contribution is 0.307. The van der Waals surface area contributed by atoms with Crippen LogP contribution in [0.15, 0.2) is 15.9 Å². The van der Waals surface area contributed by atoms with Crippen LogP contribution in [0.2, 0.25) is 0 Å². The lowest BCUT2D eigenvalue weighted by atomic mass is 9.87. The van der Waals surface area contributed by atoms with Gasteiger partial charge in [-0.1, -0.05) is 26.7 Å². The van der Waals surface area contributed by atoms with Crippen LogP contribution in [0.4, 0.5) is 0 Å². The van der Waals surface area contributed by atoms with Crippen molar-refractivity contribution in [3.05, 3.63) is 20.8 Å².